The summed E-state index contributed by atoms with van der Waals surface area (Å²) in [4.78, 5) is 17.2. The number of aromatic nitrogens is 1. The van der Waals surface area contributed by atoms with Crippen molar-refractivity contribution in [3.8, 4) is 5.88 Å². The minimum atomic E-state index is -1.07. The second-order valence-corrected chi connectivity index (χ2v) is 3.94. The first-order valence-electron chi connectivity index (χ1n) is 5.68. The Morgan fingerprint density at radius 3 is 3.00 bits per heavy atom. The van der Waals surface area contributed by atoms with E-state index in [2.05, 4.69) is 9.98 Å². The Morgan fingerprint density at radius 2 is 2.22 bits per heavy atom. The molecule has 0 radical (unpaired) electrons. The second-order valence-electron chi connectivity index (χ2n) is 3.94. The number of aliphatic imine (C=N–C) groups is 1. The van der Waals surface area contributed by atoms with Gasteiger partial charge in [0.25, 0.3) is 0 Å². The van der Waals surface area contributed by atoms with Crippen molar-refractivity contribution < 1.29 is 15.0 Å². The summed E-state index contributed by atoms with van der Waals surface area (Å²) < 4.78 is 0. The van der Waals surface area contributed by atoms with Gasteiger partial charge in [-0.05, 0) is 18.9 Å². The molecule has 2 aromatic rings. The van der Waals surface area contributed by atoms with Crippen molar-refractivity contribution in [1.29, 1.82) is 0 Å². The standard InChI is InChI=1S/C13H14N2O3/c16-12(17)6-3-7-14-8-10-9-4-1-2-5-11(9)15-13(10)18/h1-2,4-5,8,15,18H,3,6-7H2,(H,16,17)/p-1. The lowest BCUT2D eigenvalue weighted by atomic mass is 10.2. The van der Waals surface area contributed by atoms with Crippen molar-refractivity contribution in [2.24, 2.45) is 4.99 Å². The molecule has 2 N–H and O–H groups in total. The molecule has 0 saturated carbocycles. The lowest BCUT2D eigenvalue weighted by Crippen LogP contribution is -2.21. The van der Waals surface area contributed by atoms with E-state index in [-0.39, 0.29) is 12.3 Å². The topological polar surface area (TPSA) is 88.5 Å². The molecule has 0 saturated heterocycles. The van der Waals surface area contributed by atoms with Crippen LogP contribution in [-0.4, -0.2) is 28.8 Å². The maximum absolute atomic E-state index is 10.2. The van der Waals surface area contributed by atoms with Gasteiger partial charge in [-0.1, -0.05) is 18.2 Å². The summed E-state index contributed by atoms with van der Waals surface area (Å²) >= 11 is 0. The van der Waals surface area contributed by atoms with E-state index in [0.29, 0.717) is 18.5 Å². The molecule has 0 aliphatic carbocycles. The summed E-state index contributed by atoms with van der Waals surface area (Å²) in [5, 5.41) is 20.8. The first-order chi connectivity index (χ1) is 8.68. The molecular weight excluding hydrogens is 232 g/mol. The Hall–Kier alpha value is -2.30. The number of carboxylic acid groups (broad SMARTS) is 1. The van der Waals surface area contributed by atoms with Crippen LogP contribution >= 0.6 is 0 Å². The number of rotatable bonds is 5. The van der Waals surface area contributed by atoms with Crippen molar-refractivity contribution >= 4 is 23.1 Å². The van der Waals surface area contributed by atoms with Crippen molar-refractivity contribution in [3.05, 3.63) is 29.8 Å². The molecule has 0 unspecified atom stereocenters. The van der Waals surface area contributed by atoms with E-state index in [1.54, 1.807) is 6.21 Å². The number of carbonyl (C=O) groups excluding carboxylic acids is 1. The summed E-state index contributed by atoms with van der Waals surface area (Å²) in [6.07, 6.45) is 1.99. The molecule has 94 valence electrons. The maximum Gasteiger partial charge on any atom is 0.198 e. The number of carboxylic acids is 1. The van der Waals surface area contributed by atoms with Gasteiger partial charge in [0.15, 0.2) is 5.88 Å². The van der Waals surface area contributed by atoms with Gasteiger partial charge in [0, 0.05) is 29.6 Å². The van der Waals surface area contributed by atoms with Gasteiger partial charge in [0.2, 0.25) is 0 Å². The van der Waals surface area contributed by atoms with E-state index in [1.165, 1.54) is 0 Å². The number of fused-ring (bicyclic) bond motifs is 1. The van der Waals surface area contributed by atoms with Gasteiger partial charge in [0.1, 0.15) is 0 Å². The number of hydrogen-bond donors (Lipinski definition) is 2. The third-order valence-electron chi connectivity index (χ3n) is 2.61. The van der Waals surface area contributed by atoms with Gasteiger partial charge in [-0.2, -0.15) is 0 Å². The minimum absolute atomic E-state index is 0.00277. The molecule has 0 spiro atoms. The Balaban J connectivity index is 2.09. The van der Waals surface area contributed by atoms with Crippen LogP contribution in [0.2, 0.25) is 0 Å². The lowest BCUT2D eigenvalue weighted by Gasteiger charge is -1.97. The first kappa shape index (κ1) is 12.2. The monoisotopic (exact) mass is 245 g/mol. The molecular formula is C13H13N2O3-. The van der Waals surface area contributed by atoms with Crippen LogP contribution in [0.25, 0.3) is 10.9 Å². The maximum atomic E-state index is 10.2. The zero-order chi connectivity index (χ0) is 13.0. The highest BCUT2D eigenvalue weighted by Crippen LogP contribution is 2.24. The molecule has 0 amide bonds. The number of aromatic amines is 1. The predicted octanol–water partition coefficient (Wildman–Crippen LogP) is 0.822. The fourth-order valence-electron chi connectivity index (χ4n) is 1.75. The van der Waals surface area contributed by atoms with Gasteiger partial charge in [-0.3, -0.25) is 4.99 Å². The van der Waals surface area contributed by atoms with Crippen molar-refractivity contribution in [3.63, 3.8) is 0 Å². The average Bonchev–Trinajstić information content (AvgIpc) is 2.65. The van der Waals surface area contributed by atoms with Crippen LogP contribution in [0.15, 0.2) is 29.3 Å². The first-order valence-corrected chi connectivity index (χ1v) is 5.68. The van der Waals surface area contributed by atoms with E-state index >= 15 is 0 Å². The average molecular weight is 245 g/mol. The molecule has 18 heavy (non-hydrogen) atoms. The number of aliphatic carboxylic acids is 1. The number of nitrogens with zero attached hydrogens (tertiary/aromatic N) is 1. The van der Waals surface area contributed by atoms with Crippen molar-refractivity contribution in [1.82, 2.24) is 4.98 Å². The van der Waals surface area contributed by atoms with Crippen LogP contribution < -0.4 is 5.11 Å². The molecule has 5 nitrogen and oxygen atoms in total. The summed E-state index contributed by atoms with van der Waals surface area (Å²) in [6.45, 7) is 0.396. The number of aromatic hydroxyl groups is 1. The molecule has 1 aromatic carbocycles. The third kappa shape index (κ3) is 2.68. The quantitative estimate of drug-likeness (QED) is 0.603. The van der Waals surface area contributed by atoms with Crippen LogP contribution in [0.5, 0.6) is 5.88 Å². The molecule has 5 heteroatoms. The molecule has 0 atom stereocenters. The molecule has 0 aliphatic rings. The molecule has 1 aromatic heterocycles. The lowest BCUT2D eigenvalue weighted by molar-refractivity contribution is -0.305. The van der Waals surface area contributed by atoms with E-state index in [4.69, 9.17) is 0 Å². The van der Waals surface area contributed by atoms with Gasteiger partial charge in [-0.15, -0.1) is 0 Å². The molecule has 1 heterocycles. The number of benzene rings is 1. The zero-order valence-electron chi connectivity index (χ0n) is 9.72. The van der Waals surface area contributed by atoms with E-state index < -0.39 is 5.97 Å². The summed E-state index contributed by atoms with van der Waals surface area (Å²) in [5.41, 5.74) is 1.46. The van der Waals surface area contributed by atoms with Gasteiger partial charge in [-0.25, -0.2) is 0 Å². The number of hydrogen-bond acceptors (Lipinski definition) is 4. The Morgan fingerprint density at radius 1 is 1.44 bits per heavy atom. The number of nitrogens with one attached hydrogen (secondary N) is 1. The minimum Gasteiger partial charge on any atom is -0.550 e. The van der Waals surface area contributed by atoms with Gasteiger partial charge in [0.05, 0.1) is 5.56 Å². The van der Waals surface area contributed by atoms with Crippen LogP contribution in [-0.2, 0) is 4.79 Å². The molecule has 0 bridgehead atoms. The van der Waals surface area contributed by atoms with Crippen molar-refractivity contribution in [2.75, 3.05) is 6.54 Å². The van der Waals surface area contributed by atoms with E-state index in [9.17, 15) is 15.0 Å². The van der Waals surface area contributed by atoms with Gasteiger partial charge >= 0.3 is 0 Å². The Labute approximate surface area is 104 Å². The fourth-order valence-corrected chi connectivity index (χ4v) is 1.75. The van der Waals surface area contributed by atoms with E-state index in [1.807, 2.05) is 24.3 Å². The van der Waals surface area contributed by atoms with Crippen LogP contribution in [0.3, 0.4) is 0 Å². The third-order valence-corrected chi connectivity index (χ3v) is 2.61. The summed E-state index contributed by atoms with van der Waals surface area (Å²) in [5.74, 6) is -1.00. The fraction of sp³-hybridized carbons (Fsp3) is 0.231. The largest absolute Gasteiger partial charge is 0.550 e. The summed E-state index contributed by atoms with van der Waals surface area (Å²) in [6, 6.07) is 7.50. The van der Waals surface area contributed by atoms with Crippen molar-refractivity contribution in [2.45, 2.75) is 12.8 Å². The molecule has 0 fully saturated rings. The number of H-pyrrole nitrogens is 1. The highest BCUT2D eigenvalue weighted by Gasteiger charge is 2.06. The Kier molecular flexibility index (Phi) is 3.62. The highest BCUT2D eigenvalue weighted by molar-refractivity contribution is 6.01. The zero-order valence-corrected chi connectivity index (χ0v) is 9.72. The number of para-hydroxylation sites is 1. The molecule has 0 aliphatic heterocycles. The second kappa shape index (κ2) is 5.35. The van der Waals surface area contributed by atoms with Gasteiger partial charge < -0.3 is 20.0 Å². The number of carbonyl (C=O) groups is 1. The van der Waals surface area contributed by atoms with Crippen LogP contribution in [0, 0.1) is 0 Å². The normalized spacial score (nSPS) is 11.3. The SMILES string of the molecule is O=C([O-])CCCN=Cc1c(O)[nH]c2ccccc12. The van der Waals surface area contributed by atoms with Crippen LogP contribution in [0.4, 0.5) is 0 Å². The highest BCUT2D eigenvalue weighted by atomic mass is 16.4. The Bertz CT molecular complexity index is 587. The molecule has 2 rings (SSSR count). The van der Waals surface area contributed by atoms with Crippen LogP contribution in [0.1, 0.15) is 18.4 Å². The summed E-state index contributed by atoms with van der Waals surface area (Å²) in [7, 11) is 0. The van der Waals surface area contributed by atoms with E-state index in [0.717, 1.165) is 10.9 Å². The predicted molar refractivity (Wildman–Crippen MR) is 66.7 cm³/mol. The smallest absolute Gasteiger partial charge is 0.198 e.